The van der Waals surface area contributed by atoms with Crippen molar-refractivity contribution in [3.8, 4) is 23.3 Å². The normalized spacial score (nSPS) is 10.1. The third-order valence-electron chi connectivity index (χ3n) is 4.27. The summed E-state index contributed by atoms with van der Waals surface area (Å²) < 4.78 is 24.0. The Bertz CT molecular complexity index is 828. The second kappa shape index (κ2) is 11.8. The Hall–Kier alpha value is -3.00. The van der Waals surface area contributed by atoms with E-state index in [2.05, 4.69) is 11.8 Å². The van der Waals surface area contributed by atoms with Crippen molar-refractivity contribution in [2.75, 3.05) is 25.2 Å². The Labute approximate surface area is 172 Å². The summed E-state index contributed by atoms with van der Waals surface area (Å²) in [5, 5.41) is 0. The molecule has 2 rings (SSSR count). The zero-order valence-corrected chi connectivity index (χ0v) is 17.3. The molecule has 0 radical (unpaired) electrons. The molecule has 0 atom stereocenters. The van der Waals surface area contributed by atoms with Gasteiger partial charge in [0.2, 0.25) is 5.91 Å². The number of unbranched alkanes of at least 4 members (excludes halogenated alkanes) is 2. The lowest BCUT2D eigenvalue weighted by atomic mass is 10.1. The largest absolute Gasteiger partial charge is 0.494 e. The summed E-state index contributed by atoms with van der Waals surface area (Å²) in [6, 6.07) is 11.6. The van der Waals surface area contributed by atoms with Crippen LogP contribution < -0.4 is 14.4 Å². The highest BCUT2D eigenvalue weighted by atomic mass is 19.1. The maximum atomic E-state index is 12.9. The van der Waals surface area contributed by atoms with Crippen molar-refractivity contribution in [3.63, 3.8) is 0 Å². The molecule has 4 nitrogen and oxygen atoms in total. The number of nitrogens with zero attached hydrogens (tertiary/aromatic N) is 1. The number of ether oxygens (including phenoxy) is 2. The predicted molar refractivity (Wildman–Crippen MR) is 114 cm³/mol. The fourth-order valence-electron chi connectivity index (χ4n) is 2.75. The van der Waals surface area contributed by atoms with Crippen LogP contribution in [0.15, 0.2) is 42.5 Å². The third-order valence-corrected chi connectivity index (χ3v) is 4.27. The minimum Gasteiger partial charge on any atom is -0.494 e. The number of halogens is 1. The minimum atomic E-state index is -0.265. The van der Waals surface area contributed by atoms with Crippen molar-refractivity contribution in [2.45, 2.75) is 39.5 Å². The van der Waals surface area contributed by atoms with Gasteiger partial charge in [-0.25, -0.2) is 4.39 Å². The number of benzene rings is 2. The topological polar surface area (TPSA) is 38.8 Å². The van der Waals surface area contributed by atoms with E-state index in [4.69, 9.17) is 9.47 Å². The molecule has 1 amide bonds. The first-order valence-electron chi connectivity index (χ1n) is 9.95. The van der Waals surface area contributed by atoms with E-state index in [0.29, 0.717) is 37.6 Å². The van der Waals surface area contributed by atoms with Crippen LogP contribution in [0.1, 0.15) is 45.1 Å². The van der Waals surface area contributed by atoms with Crippen LogP contribution in [0.4, 0.5) is 10.1 Å². The van der Waals surface area contributed by atoms with Crippen LogP contribution in [0.3, 0.4) is 0 Å². The summed E-state index contributed by atoms with van der Waals surface area (Å²) in [6.45, 7) is 4.93. The molecular formula is C24H28FNO3. The van der Waals surface area contributed by atoms with Crippen molar-refractivity contribution in [1.82, 2.24) is 0 Å². The monoisotopic (exact) mass is 397 g/mol. The highest BCUT2D eigenvalue weighted by Gasteiger charge is 2.13. The van der Waals surface area contributed by atoms with Crippen molar-refractivity contribution in [2.24, 2.45) is 0 Å². The van der Waals surface area contributed by atoms with Gasteiger partial charge in [0, 0.05) is 43.7 Å². The molecule has 0 aliphatic heterocycles. The molecule has 2 aromatic rings. The quantitative estimate of drug-likeness (QED) is 0.431. The summed E-state index contributed by atoms with van der Waals surface area (Å²) >= 11 is 0. The number of hydrogen-bond acceptors (Lipinski definition) is 3. The third kappa shape index (κ3) is 7.50. The average molecular weight is 397 g/mol. The molecule has 5 heteroatoms. The van der Waals surface area contributed by atoms with E-state index in [-0.39, 0.29) is 11.7 Å². The van der Waals surface area contributed by atoms with Crippen LogP contribution in [0.2, 0.25) is 0 Å². The number of rotatable bonds is 9. The van der Waals surface area contributed by atoms with Crippen molar-refractivity contribution in [1.29, 1.82) is 0 Å². The molecular weight excluding hydrogens is 369 g/mol. The van der Waals surface area contributed by atoms with Crippen LogP contribution in [0, 0.1) is 17.7 Å². The van der Waals surface area contributed by atoms with E-state index in [1.165, 1.54) is 12.1 Å². The maximum absolute atomic E-state index is 12.9. The Morgan fingerprint density at radius 2 is 1.62 bits per heavy atom. The predicted octanol–water partition coefficient (Wildman–Crippen LogP) is 5.20. The molecule has 0 saturated carbocycles. The fourth-order valence-corrected chi connectivity index (χ4v) is 2.75. The van der Waals surface area contributed by atoms with Gasteiger partial charge in [-0.15, -0.1) is 0 Å². The SMILES string of the molecule is CCOc1cc(OCC)cc(N(C)C(=O)CCCCC#Cc2ccc(F)cc2)c1. The van der Waals surface area contributed by atoms with Gasteiger partial charge >= 0.3 is 0 Å². The van der Waals surface area contributed by atoms with Crippen LogP contribution >= 0.6 is 0 Å². The molecule has 154 valence electrons. The van der Waals surface area contributed by atoms with Gasteiger partial charge in [0.05, 0.1) is 18.9 Å². The first-order valence-corrected chi connectivity index (χ1v) is 9.95. The molecule has 0 fully saturated rings. The molecule has 0 saturated heterocycles. The van der Waals surface area contributed by atoms with Gasteiger partial charge in [-0.1, -0.05) is 11.8 Å². The zero-order valence-electron chi connectivity index (χ0n) is 17.3. The molecule has 0 heterocycles. The lowest BCUT2D eigenvalue weighted by molar-refractivity contribution is -0.118. The van der Waals surface area contributed by atoms with Crippen LogP contribution in [0.5, 0.6) is 11.5 Å². The molecule has 0 aliphatic rings. The fraction of sp³-hybridized carbons (Fsp3) is 0.375. The van der Waals surface area contributed by atoms with Gasteiger partial charge in [0.1, 0.15) is 17.3 Å². The van der Waals surface area contributed by atoms with E-state index in [0.717, 1.165) is 24.1 Å². The molecule has 0 aromatic heterocycles. The Balaban J connectivity index is 1.85. The highest BCUT2D eigenvalue weighted by Crippen LogP contribution is 2.29. The maximum Gasteiger partial charge on any atom is 0.226 e. The number of hydrogen-bond donors (Lipinski definition) is 0. The molecule has 29 heavy (non-hydrogen) atoms. The van der Waals surface area contributed by atoms with E-state index in [9.17, 15) is 9.18 Å². The minimum absolute atomic E-state index is 0.0348. The Kier molecular flexibility index (Phi) is 9.04. The van der Waals surface area contributed by atoms with E-state index in [1.54, 1.807) is 24.1 Å². The number of carbonyl (C=O) groups excluding carboxylic acids is 1. The van der Waals surface area contributed by atoms with Crippen molar-refractivity contribution in [3.05, 3.63) is 53.8 Å². The van der Waals surface area contributed by atoms with Crippen molar-refractivity contribution >= 4 is 11.6 Å². The van der Waals surface area contributed by atoms with Gasteiger partial charge < -0.3 is 14.4 Å². The van der Waals surface area contributed by atoms with Gasteiger partial charge in [0.25, 0.3) is 0 Å². The molecule has 2 aromatic carbocycles. The molecule has 0 bridgehead atoms. The number of anilines is 1. The summed E-state index contributed by atoms with van der Waals surface area (Å²) in [5.41, 5.74) is 1.54. The highest BCUT2D eigenvalue weighted by molar-refractivity contribution is 5.93. The molecule has 0 aliphatic carbocycles. The summed E-state index contributed by atoms with van der Waals surface area (Å²) in [6.07, 6.45) is 2.72. The Morgan fingerprint density at radius 3 is 2.21 bits per heavy atom. The zero-order chi connectivity index (χ0) is 21.1. The molecule has 0 N–H and O–H groups in total. The lowest BCUT2D eigenvalue weighted by Crippen LogP contribution is -2.25. The van der Waals surface area contributed by atoms with Crippen LogP contribution in [-0.2, 0) is 4.79 Å². The second-order valence-corrected chi connectivity index (χ2v) is 6.50. The number of amides is 1. The first-order chi connectivity index (χ1) is 14.0. The molecule has 0 spiro atoms. The summed E-state index contributed by atoms with van der Waals surface area (Å²) in [5.74, 6) is 7.21. The van der Waals surface area contributed by atoms with Crippen LogP contribution in [-0.4, -0.2) is 26.2 Å². The van der Waals surface area contributed by atoms with E-state index >= 15 is 0 Å². The Morgan fingerprint density at radius 1 is 1.00 bits per heavy atom. The van der Waals surface area contributed by atoms with Crippen molar-refractivity contribution < 1.29 is 18.7 Å². The van der Waals surface area contributed by atoms with Gasteiger partial charge in [-0.2, -0.15) is 0 Å². The first kappa shape index (κ1) is 22.3. The summed E-state index contributed by atoms with van der Waals surface area (Å²) in [4.78, 5) is 14.2. The van der Waals surface area contributed by atoms with Gasteiger partial charge in [-0.05, 0) is 51.0 Å². The smallest absolute Gasteiger partial charge is 0.226 e. The van der Waals surface area contributed by atoms with Gasteiger partial charge in [0.15, 0.2) is 0 Å². The van der Waals surface area contributed by atoms with E-state index in [1.807, 2.05) is 32.0 Å². The van der Waals surface area contributed by atoms with Gasteiger partial charge in [-0.3, -0.25) is 4.79 Å². The second-order valence-electron chi connectivity index (χ2n) is 6.50. The number of carbonyl (C=O) groups is 1. The average Bonchev–Trinajstić information content (AvgIpc) is 2.71. The van der Waals surface area contributed by atoms with Crippen LogP contribution in [0.25, 0.3) is 0 Å². The lowest BCUT2D eigenvalue weighted by Gasteiger charge is -2.19. The standard InChI is InChI=1S/C24H28FNO3/c1-4-28-22-16-21(17-23(18-22)29-5-2)26(3)24(27)11-9-7-6-8-10-19-12-14-20(25)15-13-19/h12-18H,4-7,9,11H2,1-3H3. The summed E-state index contributed by atoms with van der Waals surface area (Å²) in [7, 11) is 1.76. The van der Waals surface area contributed by atoms with E-state index < -0.39 is 0 Å². The molecule has 0 unspecified atom stereocenters.